The number of rotatable bonds is 6. The number of nitrogens with zero attached hydrogens (tertiary/aromatic N) is 1. The number of benzene rings is 1. The molecule has 0 aliphatic rings. The highest BCUT2D eigenvalue weighted by molar-refractivity contribution is 6.30. The minimum absolute atomic E-state index is 0.0305. The molecule has 1 aromatic heterocycles. The fourth-order valence-corrected chi connectivity index (χ4v) is 1.65. The number of halogens is 2. The van der Waals surface area contributed by atoms with E-state index >= 15 is 0 Å². The Labute approximate surface area is 115 Å². The van der Waals surface area contributed by atoms with Crippen molar-refractivity contribution < 1.29 is 13.7 Å². The first-order chi connectivity index (χ1) is 9.19. The Morgan fingerprint density at radius 3 is 3.00 bits per heavy atom. The maximum absolute atomic E-state index is 13.0. The zero-order valence-electron chi connectivity index (χ0n) is 10.5. The minimum Gasteiger partial charge on any atom is -0.485 e. The summed E-state index contributed by atoms with van der Waals surface area (Å²) in [5.41, 5.74) is 0.817. The van der Waals surface area contributed by atoms with Gasteiger partial charge in [-0.25, -0.2) is 4.39 Å². The fourth-order valence-electron chi connectivity index (χ4n) is 1.48. The summed E-state index contributed by atoms with van der Waals surface area (Å²) >= 11 is 5.66. The number of nitrogens with one attached hydrogen (secondary N) is 1. The van der Waals surface area contributed by atoms with Gasteiger partial charge in [-0.05, 0) is 18.7 Å². The molecule has 0 spiro atoms. The van der Waals surface area contributed by atoms with Crippen LogP contribution in [0, 0.1) is 5.82 Å². The van der Waals surface area contributed by atoms with Crippen LogP contribution in [0.4, 0.5) is 4.39 Å². The van der Waals surface area contributed by atoms with Crippen molar-refractivity contribution in [2.45, 2.75) is 20.1 Å². The van der Waals surface area contributed by atoms with E-state index in [0.29, 0.717) is 18.1 Å². The number of hydrogen-bond acceptors (Lipinski definition) is 4. The average Bonchev–Trinajstić information content (AvgIpc) is 2.86. The average molecular weight is 285 g/mol. The van der Waals surface area contributed by atoms with Crippen molar-refractivity contribution in [3.8, 4) is 5.75 Å². The van der Waals surface area contributed by atoms with Crippen LogP contribution in [0.15, 0.2) is 28.8 Å². The van der Waals surface area contributed by atoms with Gasteiger partial charge in [-0.2, -0.15) is 0 Å². The molecule has 0 fully saturated rings. The zero-order chi connectivity index (χ0) is 13.7. The molecule has 0 aliphatic carbocycles. The van der Waals surface area contributed by atoms with Gasteiger partial charge in [-0.1, -0.05) is 23.7 Å². The lowest BCUT2D eigenvalue weighted by molar-refractivity contribution is 0.248. The summed E-state index contributed by atoms with van der Waals surface area (Å²) in [4.78, 5) is 0. The Morgan fingerprint density at radius 1 is 1.42 bits per heavy atom. The predicted molar refractivity (Wildman–Crippen MR) is 69.6 cm³/mol. The van der Waals surface area contributed by atoms with Crippen LogP contribution in [0.25, 0.3) is 0 Å². The summed E-state index contributed by atoms with van der Waals surface area (Å²) in [6, 6.07) is 6.01. The first kappa shape index (κ1) is 13.8. The first-order valence-electron chi connectivity index (χ1n) is 5.92. The zero-order valence-corrected chi connectivity index (χ0v) is 11.2. The molecule has 2 rings (SSSR count). The molecule has 19 heavy (non-hydrogen) atoms. The van der Waals surface area contributed by atoms with Crippen molar-refractivity contribution in [3.63, 3.8) is 0 Å². The molecule has 0 radical (unpaired) electrons. The van der Waals surface area contributed by atoms with E-state index in [4.69, 9.17) is 20.9 Å². The number of ether oxygens (including phenoxy) is 1. The summed E-state index contributed by atoms with van der Waals surface area (Å²) in [6.07, 6.45) is 0. The van der Waals surface area contributed by atoms with Gasteiger partial charge in [-0.3, -0.25) is 0 Å². The Morgan fingerprint density at radius 2 is 2.26 bits per heavy atom. The van der Waals surface area contributed by atoms with Crippen LogP contribution in [-0.2, 0) is 13.2 Å². The third-order valence-electron chi connectivity index (χ3n) is 2.44. The summed E-state index contributed by atoms with van der Waals surface area (Å²) in [7, 11) is 0. The molecular formula is C13H14ClFN2O2. The van der Waals surface area contributed by atoms with Crippen molar-refractivity contribution in [3.05, 3.63) is 46.6 Å². The molecule has 1 N–H and O–H groups in total. The van der Waals surface area contributed by atoms with Gasteiger partial charge in [0.25, 0.3) is 0 Å². The third kappa shape index (κ3) is 3.94. The van der Waals surface area contributed by atoms with Gasteiger partial charge >= 0.3 is 0 Å². The van der Waals surface area contributed by atoms with Gasteiger partial charge in [0.2, 0.25) is 0 Å². The Kier molecular flexibility index (Phi) is 4.76. The van der Waals surface area contributed by atoms with E-state index in [1.165, 1.54) is 18.2 Å². The first-order valence-corrected chi connectivity index (χ1v) is 6.30. The topological polar surface area (TPSA) is 47.3 Å². The highest BCUT2D eigenvalue weighted by atomic mass is 35.5. The summed E-state index contributed by atoms with van der Waals surface area (Å²) in [5.74, 6) is 0.617. The summed E-state index contributed by atoms with van der Waals surface area (Å²) < 4.78 is 23.5. The smallest absolute Gasteiger partial charge is 0.174 e. The molecule has 2 aromatic rings. The molecule has 4 nitrogen and oxygen atoms in total. The number of hydrogen-bond donors (Lipinski definition) is 1. The van der Waals surface area contributed by atoms with Crippen LogP contribution in [0.5, 0.6) is 5.75 Å². The highest BCUT2D eigenvalue weighted by Gasteiger charge is 2.06. The summed E-state index contributed by atoms with van der Waals surface area (Å²) in [6.45, 7) is 3.76. The van der Waals surface area contributed by atoms with Crippen LogP contribution < -0.4 is 10.1 Å². The number of aromatic nitrogens is 1. The molecule has 0 saturated heterocycles. The van der Waals surface area contributed by atoms with Gasteiger partial charge in [0.1, 0.15) is 18.2 Å². The maximum Gasteiger partial charge on any atom is 0.174 e. The SMILES string of the molecule is CCNCc1cc(COc2ccc(F)c(Cl)c2)on1. The molecule has 0 unspecified atom stereocenters. The van der Waals surface area contributed by atoms with Gasteiger partial charge in [-0.15, -0.1) is 0 Å². The van der Waals surface area contributed by atoms with Gasteiger partial charge in [0.05, 0.1) is 10.7 Å². The predicted octanol–water partition coefficient (Wildman–Crippen LogP) is 3.16. The van der Waals surface area contributed by atoms with E-state index in [-0.39, 0.29) is 11.6 Å². The second-order valence-electron chi connectivity index (χ2n) is 3.93. The van der Waals surface area contributed by atoms with Gasteiger partial charge < -0.3 is 14.6 Å². The molecule has 0 atom stereocenters. The fraction of sp³-hybridized carbons (Fsp3) is 0.308. The lowest BCUT2D eigenvalue weighted by Gasteiger charge is -2.04. The second kappa shape index (κ2) is 6.54. The highest BCUT2D eigenvalue weighted by Crippen LogP contribution is 2.21. The van der Waals surface area contributed by atoms with Crippen LogP contribution >= 0.6 is 11.6 Å². The van der Waals surface area contributed by atoms with Crippen LogP contribution in [0.1, 0.15) is 18.4 Å². The minimum atomic E-state index is -0.471. The third-order valence-corrected chi connectivity index (χ3v) is 2.73. The van der Waals surface area contributed by atoms with Crippen LogP contribution in [0.2, 0.25) is 5.02 Å². The standard InChI is InChI=1S/C13H14ClFN2O2/c1-2-16-7-9-5-11(19-17-9)8-18-10-3-4-13(15)12(14)6-10/h3-6,16H,2,7-8H2,1H3. The Hall–Kier alpha value is -1.59. The van der Waals surface area contributed by atoms with Gasteiger partial charge in [0, 0.05) is 18.7 Å². The molecule has 0 bridgehead atoms. The molecule has 1 aromatic carbocycles. The van der Waals surface area contributed by atoms with E-state index < -0.39 is 5.82 Å². The molecule has 6 heteroatoms. The van der Waals surface area contributed by atoms with E-state index in [0.717, 1.165) is 12.2 Å². The van der Waals surface area contributed by atoms with Crippen molar-refractivity contribution >= 4 is 11.6 Å². The maximum atomic E-state index is 13.0. The van der Waals surface area contributed by atoms with E-state index in [1.807, 2.05) is 13.0 Å². The van der Waals surface area contributed by atoms with E-state index in [9.17, 15) is 4.39 Å². The molecule has 0 saturated carbocycles. The lowest BCUT2D eigenvalue weighted by Crippen LogP contribution is -2.11. The molecule has 0 amide bonds. The second-order valence-corrected chi connectivity index (χ2v) is 4.34. The molecule has 102 valence electrons. The normalized spacial score (nSPS) is 10.7. The Balaban J connectivity index is 1.91. The lowest BCUT2D eigenvalue weighted by atomic mass is 10.3. The molecule has 1 heterocycles. The largest absolute Gasteiger partial charge is 0.485 e. The van der Waals surface area contributed by atoms with E-state index in [2.05, 4.69) is 10.5 Å². The van der Waals surface area contributed by atoms with Gasteiger partial charge in [0.15, 0.2) is 5.76 Å². The Bertz CT molecular complexity index is 545. The quantitative estimate of drug-likeness (QED) is 0.885. The monoisotopic (exact) mass is 284 g/mol. The molecule has 0 aliphatic heterocycles. The van der Waals surface area contributed by atoms with Crippen molar-refractivity contribution in [1.82, 2.24) is 10.5 Å². The molecular weight excluding hydrogens is 271 g/mol. The van der Waals surface area contributed by atoms with Crippen molar-refractivity contribution in [2.75, 3.05) is 6.54 Å². The van der Waals surface area contributed by atoms with Crippen molar-refractivity contribution in [2.24, 2.45) is 0 Å². The van der Waals surface area contributed by atoms with Crippen molar-refractivity contribution in [1.29, 1.82) is 0 Å². The van der Waals surface area contributed by atoms with Crippen LogP contribution in [-0.4, -0.2) is 11.7 Å². The van der Waals surface area contributed by atoms with Crippen LogP contribution in [0.3, 0.4) is 0 Å². The van der Waals surface area contributed by atoms with E-state index in [1.54, 1.807) is 0 Å². The summed E-state index contributed by atoms with van der Waals surface area (Å²) in [5, 5.41) is 7.07.